The van der Waals surface area contributed by atoms with Gasteiger partial charge in [0.15, 0.2) is 0 Å². The number of ether oxygens (including phenoxy) is 2. The van der Waals surface area contributed by atoms with Gasteiger partial charge in [-0.1, -0.05) is 19.6 Å². The molecule has 0 saturated carbocycles. The highest BCUT2D eigenvalue weighted by molar-refractivity contribution is 9.10. The molecule has 0 aliphatic carbocycles. The number of benzene rings is 1. The maximum Gasteiger partial charge on any atom is 0.140 e. The second kappa shape index (κ2) is 7.15. The van der Waals surface area contributed by atoms with E-state index in [0.29, 0.717) is 6.73 Å². The lowest BCUT2D eigenvalue weighted by atomic mass is 10.2. The lowest BCUT2D eigenvalue weighted by Gasteiger charge is -2.15. The van der Waals surface area contributed by atoms with Gasteiger partial charge in [-0.2, -0.15) is 5.10 Å². The summed E-state index contributed by atoms with van der Waals surface area (Å²) in [7, 11) is -1.05. The molecule has 0 saturated heterocycles. The molecular weight excluding hydrogens is 360 g/mol. The van der Waals surface area contributed by atoms with Gasteiger partial charge in [0.1, 0.15) is 17.1 Å². The maximum absolute atomic E-state index is 5.80. The quantitative estimate of drug-likeness (QED) is 0.503. The molecule has 1 aromatic heterocycles. The molecule has 0 amide bonds. The second-order valence-corrected chi connectivity index (χ2v) is 13.4. The number of halogens is 1. The minimum Gasteiger partial charge on any atom is -0.491 e. The molecule has 122 valence electrons. The molecule has 0 spiro atoms. The second-order valence-electron chi connectivity index (χ2n) is 6.98. The van der Waals surface area contributed by atoms with E-state index in [-0.39, 0.29) is 6.10 Å². The Morgan fingerprint density at radius 1 is 1.27 bits per heavy atom. The summed E-state index contributed by atoms with van der Waals surface area (Å²) >= 11 is 3.52. The number of hydrogen-bond donors (Lipinski definition) is 0. The highest BCUT2D eigenvalue weighted by Gasteiger charge is 2.13. The lowest BCUT2D eigenvalue weighted by Crippen LogP contribution is -2.22. The smallest absolute Gasteiger partial charge is 0.140 e. The summed E-state index contributed by atoms with van der Waals surface area (Å²) in [5.41, 5.74) is 1.05. The van der Waals surface area contributed by atoms with Gasteiger partial charge in [0.05, 0.1) is 11.6 Å². The number of aromatic nitrogens is 2. The van der Waals surface area contributed by atoms with Crippen molar-refractivity contribution in [2.24, 2.45) is 0 Å². The summed E-state index contributed by atoms with van der Waals surface area (Å²) in [6.45, 7) is 12.4. The van der Waals surface area contributed by atoms with Crippen LogP contribution in [0, 0.1) is 0 Å². The van der Waals surface area contributed by atoms with Crippen LogP contribution in [-0.4, -0.2) is 30.6 Å². The van der Waals surface area contributed by atoms with E-state index >= 15 is 0 Å². The van der Waals surface area contributed by atoms with Gasteiger partial charge in [-0.05, 0) is 54.0 Å². The Morgan fingerprint density at radius 3 is 2.64 bits per heavy atom. The Balaban J connectivity index is 2.08. The first kappa shape index (κ1) is 17.5. The molecule has 6 heteroatoms. The van der Waals surface area contributed by atoms with Gasteiger partial charge in [0.25, 0.3) is 0 Å². The van der Waals surface area contributed by atoms with Gasteiger partial charge in [0.2, 0.25) is 0 Å². The van der Waals surface area contributed by atoms with Crippen molar-refractivity contribution in [3.05, 3.63) is 22.8 Å². The molecule has 2 aromatic rings. The van der Waals surface area contributed by atoms with Gasteiger partial charge < -0.3 is 9.47 Å². The summed E-state index contributed by atoms with van der Waals surface area (Å²) in [5.74, 6) is 0.863. The minimum absolute atomic E-state index is 0.163. The largest absolute Gasteiger partial charge is 0.491 e. The molecule has 1 aromatic carbocycles. The molecule has 1 heterocycles. The van der Waals surface area contributed by atoms with Gasteiger partial charge in [0, 0.05) is 20.1 Å². The minimum atomic E-state index is -1.05. The lowest BCUT2D eigenvalue weighted by molar-refractivity contribution is 0.0814. The van der Waals surface area contributed by atoms with E-state index in [0.717, 1.165) is 27.9 Å². The average molecular weight is 385 g/mol. The number of hydrogen-bond acceptors (Lipinski definition) is 3. The van der Waals surface area contributed by atoms with Crippen molar-refractivity contribution in [2.45, 2.75) is 52.4 Å². The van der Waals surface area contributed by atoms with Crippen molar-refractivity contribution in [1.29, 1.82) is 0 Å². The molecule has 0 fully saturated rings. The Hall–Kier alpha value is -0.853. The number of rotatable bonds is 7. The van der Waals surface area contributed by atoms with Crippen molar-refractivity contribution in [2.75, 3.05) is 6.61 Å². The Bertz CT molecular complexity index is 635. The molecule has 2 rings (SSSR count). The zero-order valence-corrected chi connectivity index (χ0v) is 16.6. The highest BCUT2D eigenvalue weighted by atomic mass is 79.9. The normalized spacial score (nSPS) is 12.3. The molecular formula is C16H25BrN2O2Si. The number of nitrogens with zero attached hydrogens (tertiary/aromatic N) is 2. The van der Waals surface area contributed by atoms with Crippen molar-refractivity contribution in [1.82, 2.24) is 9.78 Å². The van der Waals surface area contributed by atoms with E-state index in [1.54, 1.807) is 0 Å². The molecule has 0 atom stereocenters. The summed E-state index contributed by atoms with van der Waals surface area (Å²) in [5, 5.41) is 5.56. The average Bonchev–Trinajstić information content (AvgIpc) is 2.70. The predicted molar refractivity (Wildman–Crippen MR) is 97.3 cm³/mol. The van der Waals surface area contributed by atoms with E-state index in [1.807, 2.05) is 36.7 Å². The molecule has 0 bridgehead atoms. The first-order chi connectivity index (χ1) is 10.3. The predicted octanol–water partition coefficient (Wildman–Crippen LogP) is 4.90. The van der Waals surface area contributed by atoms with Crippen molar-refractivity contribution < 1.29 is 9.47 Å². The van der Waals surface area contributed by atoms with Crippen LogP contribution < -0.4 is 4.74 Å². The van der Waals surface area contributed by atoms with Crippen LogP contribution in [0.3, 0.4) is 0 Å². The van der Waals surface area contributed by atoms with Crippen LogP contribution >= 0.6 is 15.9 Å². The van der Waals surface area contributed by atoms with Crippen LogP contribution in [0.2, 0.25) is 25.7 Å². The van der Waals surface area contributed by atoms with Crippen LogP contribution in [-0.2, 0) is 11.5 Å². The molecule has 0 aliphatic heterocycles. The third-order valence-corrected chi connectivity index (χ3v) is 5.55. The van der Waals surface area contributed by atoms with E-state index in [1.165, 1.54) is 6.04 Å². The number of fused-ring (bicyclic) bond motifs is 1. The van der Waals surface area contributed by atoms with Crippen LogP contribution in [0.4, 0.5) is 0 Å². The third kappa shape index (κ3) is 4.83. The molecule has 0 unspecified atom stereocenters. The highest BCUT2D eigenvalue weighted by Crippen LogP contribution is 2.28. The fourth-order valence-electron chi connectivity index (χ4n) is 2.09. The summed E-state index contributed by atoms with van der Waals surface area (Å²) < 4.78 is 14.2. The summed E-state index contributed by atoms with van der Waals surface area (Å²) in [6, 6.07) is 7.20. The first-order valence-electron chi connectivity index (χ1n) is 7.67. The summed E-state index contributed by atoms with van der Waals surface area (Å²) in [4.78, 5) is 0. The van der Waals surface area contributed by atoms with Gasteiger partial charge >= 0.3 is 0 Å². The van der Waals surface area contributed by atoms with Crippen molar-refractivity contribution in [3.8, 4) is 5.75 Å². The fourth-order valence-corrected chi connectivity index (χ4v) is 3.36. The fraction of sp³-hybridized carbons (Fsp3) is 0.562. The molecule has 0 radical (unpaired) electrons. The Kier molecular flexibility index (Phi) is 5.69. The van der Waals surface area contributed by atoms with Crippen molar-refractivity contribution in [3.63, 3.8) is 0 Å². The molecule has 22 heavy (non-hydrogen) atoms. The maximum atomic E-state index is 5.80. The van der Waals surface area contributed by atoms with Gasteiger partial charge in [-0.15, -0.1) is 0 Å². The zero-order chi connectivity index (χ0) is 16.3. The van der Waals surface area contributed by atoms with E-state index < -0.39 is 8.07 Å². The Labute approximate surface area is 141 Å². The first-order valence-corrected chi connectivity index (χ1v) is 12.2. The standard InChI is InChI=1S/C16H25BrN2O2Si/c1-12(2)21-13-6-7-15-14(10-13)16(17)18-19(15)11-20-8-9-22(3,4)5/h6-7,10,12H,8-9,11H2,1-5H3. The van der Waals surface area contributed by atoms with Crippen LogP contribution in [0.1, 0.15) is 13.8 Å². The van der Waals surface area contributed by atoms with Crippen molar-refractivity contribution >= 4 is 34.9 Å². The van der Waals surface area contributed by atoms with E-state index in [4.69, 9.17) is 9.47 Å². The Morgan fingerprint density at radius 2 is 2.00 bits per heavy atom. The molecule has 0 N–H and O–H groups in total. The summed E-state index contributed by atoms with van der Waals surface area (Å²) in [6.07, 6.45) is 0.163. The van der Waals surface area contributed by atoms with Crippen LogP contribution in [0.5, 0.6) is 5.75 Å². The van der Waals surface area contributed by atoms with Crippen LogP contribution in [0.25, 0.3) is 10.9 Å². The monoisotopic (exact) mass is 384 g/mol. The topological polar surface area (TPSA) is 36.3 Å². The third-order valence-electron chi connectivity index (χ3n) is 3.26. The molecule has 0 aliphatic rings. The van der Waals surface area contributed by atoms with Crippen LogP contribution in [0.15, 0.2) is 22.8 Å². The van der Waals surface area contributed by atoms with Gasteiger partial charge in [-0.3, -0.25) is 0 Å². The SMILES string of the molecule is CC(C)Oc1ccc2c(c1)c(Br)nn2COCC[Si](C)(C)C. The van der Waals surface area contributed by atoms with Gasteiger partial charge in [-0.25, -0.2) is 4.68 Å². The van der Waals surface area contributed by atoms with E-state index in [2.05, 4.69) is 40.7 Å². The van der Waals surface area contributed by atoms with E-state index in [9.17, 15) is 0 Å². The zero-order valence-electron chi connectivity index (χ0n) is 14.0. The molecule has 4 nitrogen and oxygen atoms in total.